The van der Waals surface area contributed by atoms with Crippen LogP contribution in [0.4, 0.5) is 0 Å². The molecular weight excluding hydrogens is 392 g/mol. The van der Waals surface area contributed by atoms with Crippen molar-refractivity contribution in [2.75, 3.05) is 6.54 Å². The van der Waals surface area contributed by atoms with Crippen molar-refractivity contribution in [1.82, 2.24) is 15.5 Å². The van der Waals surface area contributed by atoms with Crippen LogP contribution >= 0.6 is 11.6 Å². The summed E-state index contributed by atoms with van der Waals surface area (Å²) < 4.78 is 0. The van der Waals surface area contributed by atoms with E-state index in [1.54, 1.807) is 37.4 Å². The fourth-order valence-corrected chi connectivity index (χ4v) is 2.65. The van der Waals surface area contributed by atoms with Crippen LogP contribution in [0, 0.1) is 11.3 Å². The number of nitrogens with one attached hydrogen (secondary N) is 3. The number of nitrogens with two attached hydrogens (primary N) is 1. The zero-order valence-electron chi connectivity index (χ0n) is 16.5. The summed E-state index contributed by atoms with van der Waals surface area (Å²) in [7, 11) is 0. The van der Waals surface area contributed by atoms with Gasteiger partial charge in [0, 0.05) is 11.8 Å². The lowest BCUT2D eigenvalue weighted by Crippen LogP contribution is -2.76. The number of aromatic nitrogens is 2. The van der Waals surface area contributed by atoms with Crippen LogP contribution in [0.2, 0.25) is 5.02 Å². The Morgan fingerprint density at radius 2 is 2.24 bits per heavy atom. The number of rotatable bonds is 7. The number of hydrogen-bond donors (Lipinski definition) is 5. The number of aliphatic hydroxyl groups excluding tert-OH is 1. The third-order valence-electron chi connectivity index (χ3n) is 4.08. The highest BCUT2D eigenvalue weighted by Gasteiger charge is 2.25. The second-order valence-electron chi connectivity index (χ2n) is 7.20. The molecule has 1 unspecified atom stereocenters. The Balaban J connectivity index is 1.97. The van der Waals surface area contributed by atoms with E-state index in [2.05, 4.69) is 20.5 Å². The molecule has 1 aromatic carbocycles. The molecule has 2 aromatic rings. The minimum absolute atomic E-state index is 0.208. The SMILES string of the molecule is CC(O)c1cc(C(=O)NC(C)(C)C[NH+]=CC=C(N)c2ccc(C#N)c(Cl)c2)n[nH]1. The maximum Gasteiger partial charge on any atom is 0.272 e. The summed E-state index contributed by atoms with van der Waals surface area (Å²) in [6.07, 6.45) is 2.63. The number of carbonyl (C=O) groups is 1. The van der Waals surface area contributed by atoms with Crippen LogP contribution in [0.15, 0.2) is 30.3 Å². The molecule has 6 N–H and O–H groups in total. The van der Waals surface area contributed by atoms with Crippen molar-refractivity contribution in [2.45, 2.75) is 32.4 Å². The molecule has 0 fully saturated rings. The number of aliphatic hydroxyl groups is 1. The quantitative estimate of drug-likeness (QED) is 0.422. The third-order valence-corrected chi connectivity index (χ3v) is 4.39. The zero-order chi connectivity index (χ0) is 21.6. The number of aromatic amines is 1. The van der Waals surface area contributed by atoms with Gasteiger partial charge in [-0.3, -0.25) is 9.89 Å². The Labute approximate surface area is 174 Å². The van der Waals surface area contributed by atoms with E-state index in [0.29, 0.717) is 34.1 Å². The van der Waals surface area contributed by atoms with Crippen molar-refractivity contribution in [3.63, 3.8) is 0 Å². The summed E-state index contributed by atoms with van der Waals surface area (Å²) in [4.78, 5) is 15.4. The van der Waals surface area contributed by atoms with Crippen LogP contribution in [0.25, 0.3) is 5.70 Å². The molecule has 9 heteroatoms. The van der Waals surface area contributed by atoms with E-state index in [1.807, 2.05) is 19.9 Å². The lowest BCUT2D eigenvalue weighted by atomic mass is 10.1. The smallest absolute Gasteiger partial charge is 0.272 e. The maximum atomic E-state index is 12.3. The molecule has 1 amide bonds. The van der Waals surface area contributed by atoms with E-state index in [9.17, 15) is 9.90 Å². The summed E-state index contributed by atoms with van der Waals surface area (Å²) in [6.45, 7) is 5.75. The van der Waals surface area contributed by atoms with Gasteiger partial charge in [0.1, 0.15) is 11.8 Å². The summed E-state index contributed by atoms with van der Waals surface area (Å²) in [5.74, 6) is -0.345. The summed E-state index contributed by atoms with van der Waals surface area (Å²) in [6, 6.07) is 8.48. The van der Waals surface area contributed by atoms with Gasteiger partial charge in [-0.15, -0.1) is 0 Å². The van der Waals surface area contributed by atoms with Crippen molar-refractivity contribution < 1.29 is 14.9 Å². The van der Waals surface area contributed by atoms with Gasteiger partial charge in [0.15, 0.2) is 12.8 Å². The fraction of sp³-hybridized carbons (Fsp3) is 0.300. The molecule has 8 nitrogen and oxygen atoms in total. The van der Waals surface area contributed by atoms with Gasteiger partial charge in [0.2, 0.25) is 0 Å². The highest BCUT2D eigenvalue weighted by Crippen LogP contribution is 2.19. The van der Waals surface area contributed by atoms with Crippen molar-refractivity contribution in [1.29, 1.82) is 5.26 Å². The molecule has 0 bridgehead atoms. The Kier molecular flexibility index (Phi) is 7.15. The summed E-state index contributed by atoms with van der Waals surface area (Å²) in [5.41, 5.74) is 7.72. The van der Waals surface area contributed by atoms with Gasteiger partial charge in [-0.05, 0) is 44.5 Å². The normalized spacial score (nSPS) is 13.3. The second-order valence-corrected chi connectivity index (χ2v) is 7.61. The molecule has 1 heterocycles. The van der Waals surface area contributed by atoms with E-state index in [4.69, 9.17) is 22.6 Å². The van der Waals surface area contributed by atoms with Crippen molar-refractivity contribution >= 4 is 29.4 Å². The summed E-state index contributed by atoms with van der Waals surface area (Å²) in [5, 5.41) is 28.2. The Morgan fingerprint density at radius 1 is 1.52 bits per heavy atom. The molecule has 0 spiro atoms. The predicted molar refractivity (Wildman–Crippen MR) is 111 cm³/mol. The Bertz CT molecular complexity index is 985. The van der Waals surface area contributed by atoms with Gasteiger partial charge >= 0.3 is 0 Å². The molecule has 0 aliphatic heterocycles. The molecule has 1 atom stereocenters. The number of allylic oxidation sites excluding steroid dienone is 1. The largest absolute Gasteiger partial charge is 0.398 e. The van der Waals surface area contributed by atoms with Crippen LogP contribution in [0.3, 0.4) is 0 Å². The van der Waals surface area contributed by atoms with Crippen LogP contribution in [0.5, 0.6) is 0 Å². The minimum Gasteiger partial charge on any atom is -0.398 e. The van der Waals surface area contributed by atoms with E-state index >= 15 is 0 Å². The fourth-order valence-electron chi connectivity index (χ4n) is 2.43. The average Bonchev–Trinajstić information content (AvgIpc) is 3.15. The first-order valence-electron chi connectivity index (χ1n) is 8.91. The van der Waals surface area contributed by atoms with Gasteiger partial charge in [-0.1, -0.05) is 17.7 Å². The van der Waals surface area contributed by atoms with Crippen LogP contribution < -0.4 is 16.0 Å². The van der Waals surface area contributed by atoms with E-state index < -0.39 is 11.6 Å². The number of nitriles is 1. The molecule has 1 aromatic heterocycles. The average molecular weight is 416 g/mol. The van der Waals surface area contributed by atoms with Crippen molar-refractivity contribution in [3.05, 3.63) is 57.9 Å². The van der Waals surface area contributed by atoms with Gasteiger partial charge in [0.25, 0.3) is 5.91 Å². The maximum absolute atomic E-state index is 12.3. The highest BCUT2D eigenvalue weighted by atomic mass is 35.5. The number of H-pyrrole nitrogens is 1. The number of hydrogen-bond acceptors (Lipinski definition) is 5. The molecule has 0 saturated carbocycles. The van der Waals surface area contributed by atoms with Crippen LogP contribution in [-0.2, 0) is 0 Å². The molecule has 0 saturated heterocycles. The molecule has 29 heavy (non-hydrogen) atoms. The minimum atomic E-state index is -0.725. The van der Waals surface area contributed by atoms with Crippen molar-refractivity contribution in [3.8, 4) is 6.07 Å². The zero-order valence-corrected chi connectivity index (χ0v) is 17.2. The van der Waals surface area contributed by atoms with Gasteiger partial charge in [-0.2, -0.15) is 10.4 Å². The topological polar surface area (TPSA) is 142 Å². The predicted octanol–water partition coefficient (Wildman–Crippen LogP) is 0.648. The number of benzene rings is 1. The Hall–Kier alpha value is -3.15. The standard InChI is InChI=1S/C20H23ClN6O2/c1-12(28)17-9-18(27-26-17)19(29)25-20(2,3)11-24-7-6-16(23)13-4-5-14(10-22)15(21)8-13/h4-9,12,28H,11,23H2,1-3H3,(H,25,29)(H,26,27)/p+1. The first-order valence-corrected chi connectivity index (χ1v) is 9.29. The first-order chi connectivity index (χ1) is 13.6. The van der Waals surface area contributed by atoms with Gasteiger partial charge in [-0.25, -0.2) is 4.99 Å². The number of nitrogens with zero attached hydrogens (tertiary/aromatic N) is 2. The van der Waals surface area contributed by atoms with Crippen LogP contribution in [-0.4, -0.2) is 39.5 Å². The molecular formula is C20H24ClN6O2+. The van der Waals surface area contributed by atoms with E-state index in [-0.39, 0.29) is 11.6 Å². The second kappa shape index (κ2) is 9.37. The van der Waals surface area contributed by atoms with E-state index in [0.717, 1.165) is 0 Å². The molecule has 0 aliphatic carbocycles. The molecule has 2 rings (SSSR count). The lowest BCUT2D eigenvalue weighted by molar-refractivity contribution is -0.461. The molecule has 152 valence electrons. The lowest BCUT2D eigenvalue weighted by Gasteiger charge is -2.20. The number of halogens is 1. The first kappa shape index (κ1) is 22.1. The Morgan fingerprint density at radius 3 is 2.83 bits per heavy atom. The monoisotopic (exact) mass is 415 g/mol. The van der Waals surface area contributed by atoms with Crippen molar-refractivity contribution in [2.24, 2.45) is 5.73 Å². The number of carbonyl (C=O) groups excluding carboxylic acids is 1. The molecule has 0 aliphatic rings. The van der Waals surface area contributed by atoms with Crippen LogP contribution in [0.1, 0.15) is 54.2 Å². The molecule has 0 radical (unpaired) electrons. The number of amides is 1. The summed E-state index contributed by atoms with van der Waals surface area (Å²) >= 11 is 6.02. The third kappa shape index (κ3) is 6.17. The highest BCUT2D eigenvalue weighted by molar-refractivity contribution is 6.31. The van der Waals surface area contributed by atoms with E-state index in [1.165, 1.54) is 6.07 Å². The van der Waals surface area contributed by atoms with Gasteiger partial charge < -0.3 is 16.2 Å². The van der Waals surface area contributed by atoms with Gasteiger partial charge in [0.05, 0.1) is 27.9 Å².